The van der Waals surface area contributed by atoms with Gasteiger partial charge in [-0.2, -0.15) is 0 Å². The predicted octanol–water partition coefficient (Wildman–Crippen LogP) is 3.41. The van der Waals surface area contributed by atoms with Crippen LogP contribution >= 0.6 is 0 Å². The number of benzene rings is 2. The first kappa shape index (κ1) is 14.2. The Bertz CT molecular complexity index is 940. The minimum atomic E-state index is -0.0158. The summed E-state index contributed by atoms with van der Waals surface area (Å²) in [5, 5.41) is 10.8. The maximum Gasteiger partial charge on any atom is 0.256 e. The smallest absolute Gasteiger partial charge is 0.256 e. The van der Waals surface area contributed by atoms with Crippen molar-refractivity contribution in [3.8, 4) is 11.3 Å². The fourth-order valence-electron chi connectivity index (χ4n) is 3.66. The van der Waals surface area contributed by atoms with Gasteiger partial charge >= 0.3 is 0 Å². The Balaban J connectivity index is 1.86. The Labute approximate surface area is 134 Å². The minimum absolute atomic E-state index is 0.0158. The average Bonchev–Trinajstić information content (AvgIpc) is 2.95. The highest BCUT2D eigenvalue weighted by molar-refractivity contribution is 5.93. The Morgan fingerprint density at radius 1 is 0.957 bits per heavy atom. The van der Waals surface area contributed by atoms with Crippen molar-refractivity contribution in [2.45, 2.75) is 25.7 Å². The van der Waals surface area contributed by atoms with Crippen LogP contribution in [0.1, 0.15) is 29.5 Å². The highest BCUT2D eigenvalue weighted by Gasteiger charge is 2.24. The third-order valence-corrected chi connectivity index (χ3v) is 4.79. The second-order valence-corrected chi connectivity index (χ2v) is 6.15. The van der Waals surface area contributed by atoms with Gasteiger partial charge in [-0.1, -0.05) is 36.4 Å². The number of rotatable bonds is 4. The highest BCUT2D eigenvalue weighted by Crippen LogP contribution is 2.39. The van der Waals surface area contributed by atoms with Gasteiger partial charge in [-0.3, -0.25) is 4.79 Å². The highest BCUT2D eigenvalue weighted by atomic mass is 16.2. The second-order valence-electron chi connectivity index (χ2n) is 6.15. The topological polar surface area (TPSA) is 53.1 Å². The molecule has 0 bridgehead atoms. The fraction of sp³-hybridized carbons (Fsp3) is 0.250. The zero-order valence-corrected chi connectivity index (χ0v) is 12.9. The molecule has 1 aromatic heterocycles. The zero-order valence-electron chi connectivity index (χ0n) is 12.9. The molecule has 23 heavy (non-hydrogen) atoms. The molecular formula is C20H19NO2. The van der Waals surface area contributed by atoms with Crippen LogP contribution in [0.5, 0.6) is 0 Å². The molecule has 0 spiro atoms. The first-order valence-electron chi connectivity index (χ1n) is 8.15. The molecule has 0 saturated heterocycles. The monoisotopic (exact) mass is 305 g/mol. The number of aliphatic hydroxyl groups is 1. The van der Waals surface area contributed by atoms with Gasteiger partial charge in [-0.05, 0) is 47.4 Å². The number of H-pyrrole nitrogens is 1. The van der Waals surface area contributed by atoms with Gasteiger partial charge in [0.05, 0.1) is 5.69 Å². The van der Waals surface area contributed by atoms with E-state index < -0.39 is 0 Å². The SMILES string of the molecule is O=c1[nH]c2c(c3ccccc13)Cc1c(CCCCO)cccc1-2. The van der Waals surface area contributed by atoms with Crippen LogP contribution in [0, 0.1) is 0 Å². The lowest BCUT2D eigenvalue weighted by atomic mass is 9.98. The molecule has 2 N–H and O–H groups in total. The number of aromatic amines is 1. The summed E-state index contributed by atoms with van der Waals surface area (Å²) < 4.78 is 0. The van der Waals surface area contributed by atoms with E-state index in [9.17, 15) is 4.79 Å². The number of nitrogens with one attached hydrogen (secondary N) is 1. The molecular weight excluding hydrogens is 286 g/mol. The van der Waals surface area contributed by atoms with Gasteiger partial charge in [0.1, 0.15) is 0 Å². The van der Waals surface area contributed by atoms with Crippen LogP contribution in [-0.4, -0.2) is 16.7 Å². The van der Waals surface area contributed by atoms with Crippen molar-refractivity contribution in [3.05, 3.63) is 69.5 Å². The van der Waals surface area contributed by atoms with Gasteiger partial charge in [0, 0.05) is 24.0 Å². The molecule has 116 valence electrons. The number of hydrogen-bond acceptors (Lipinski definition) is 2. The number of aromatic nitrogens is 1. The third kappa shape index (κ3) is 2.28. The summed E-state index contributed by atoms with van der Waals surface area (Å²) in [6, 6.07) is 14.2. The third-order valence-electron chi connectivity index (χ3n) is 4.79. The van der Waals surface area contributed by atoms with Crippen LogP contribution in [0.2, 0.25) is 0 Å². The first-order chi connectivity index (χ1) is 11.3. The summed E-state index contributed by atoms with van der Waals surface area (Å²) >= 11 is 0. The summed E-state index contributed by atoms with van der Waals surface area (Å²) in [6.45, 7) is 0.243. The minimum Gasteiger partial charge on any atom is -0.396 e. The van der Waals surface area contributed by atoms with E-state index in [1.807, 2.05) is 24.3 Å². The van der Waals surface area contributed by atoms with Crippen LogP contribution < -0.4 is 5.56 Å². The van der Waals surface area contributed by atoms with Crippen LogP contribution in [0.3, 0.4) is 0 Å². The van der Waals surface area contributed by atoms with Crippen molar-refractivity contribution >= 4 is 10.8 Å². The molecule has 3 heteroatoms. The van der Waals surface area contributed by atoms with E-state index in [-0.39, 0.29) is 12.2 Å². The molecule has 0 amide bonds. The molecule has 0 radical (unpaired) electrons. The second kappa shape index (κ2) is 5.67. The predicted molar refractivity (Wildman–Crippen MR) is 92.8 cm³/mol. The average molecular weight is 305 g/mol. The van der Waals surface area contributed by atoms with Crippen LogP contribution in [-0.2, 0) is 12.8 Å². The van der Waals surface area contributed by atoms with Crippen LogP contribution in [0.4, 0.5) is 0 Å². The molecule has 4 rings (SSSR count). The Morgan fingerprint density at radius 2 is 1.78 bits per heavy atom. The van der Waals surface area contributed by atoms with E-state index >= 15 is 0 Å². The summed E-state index contributed by atoms with van der Waals surface area (Å²) in [4.78, 5) is 15.4. The number of pyridine rings is 1. The first-order valence-corrected chi connectivity index (χ1v) is 8.15. The van der Waals surface area contributed by atoms with Crippen molar-refractivity contribution in [2.75, 3.05) is 6.61 Å². The lowest BCUT2D eigenvalue weighted by Gasteiger charge is -2.07. The lowest BCUT2D eigenvalue weighted by molar-refractivity contribution is 0.284. The van der Waals surface area contributed by atoms with Gasteiger partial charge in [0.2, 0.25) is 0 Å². The van der Waals surface area contributed by atoms with Crippen molar-refractivity contribution in [1.29, 1.82) is 0 Å². The summed E-state index contributed by atoms with van der Waals surface area (Å²) in [7, 11) is 0. The number of hydrogen-bond donors (Lipinski definition) is 2. The lowest BCUT2D eigenvalue weighted by Crippen LogP contribution is -2.08. The fourth-order valence-corrected chi connectivity index (χ4v) is 3.66. The van der Waals surface area contributed by atoms with Gasteiger partial charge in [-0.25, -0.2) is 0 Å². The maximum absolute atomic E-state index is 12.4. The number of aryl methyl sites for hydroxylation is 1. The van der Waals surface area contributed by atoms with Crippen LogP contribution in [0.15, 0.2) is 47.3 Å². The molecule has 0 unspecified atom stereocenters. The van der Waals surface area contributed by atoms with Crippen molar-refractivity contribution in [3.63, 3.8) is 0 Å². The molecule has 0 fully saturated rings. The van der Waals surface area contributed by atoms with Crippen molar-refractivity contribution < 1.29 is 5.11 Å². The molecule has 1 aliphatic carbocycles. The van der Waals surface area contributed by atoms with Gasteiger partial charge in [-0.15, -0.1) is 0 Å². The van der Waals surface area contributed by atoms with Crippen molar-refractivity contribution in [2.24, 2.45) is 0 Å². The normalized spacial score (nSPS) is 12.4. The van der Waals surface area contributed by atoms with Gasteiger partial charge < -0.3 is 10.1 Å². The quantitative estimate of drug-likeness (QED) is 0.568. The van der Waals surface area contributed by atoms with Crippen molar-refractivity contribution in [1.82, 2.24) is 4.98 Å². The number of fused-ring (bicyclic) bond motifs is 5. The summed E-state index contributed by atoms with van der Waals surface area (Å²) in [5.74, 6) is 0. The largest absolute Gasteiger partial charge is 0.396 e. The Hall–Kier alpha value is -2.39. The molecule has 2 aromatic carbocycles. The standard InChI is InChI=1S/C20H19NO2/c22-11-4-3-6-13-7-5-10-15-17(13)12-18-14-8-1-2-9-16(14)20(23)21-19(15)18/h1-2,5,7-10,22H,3-4,6,11-12H2,(H,21,23). The molecule has 1 aliphatic rings. The van der Waals surface area contributed by atoms with Gasteiger partial charge in [0.25, 0.3) is 5.56 Å². The number of aliphatic hydroxyl groups excluding tert-OH is 1. The van der Waals surface area contributed by atoms with E-state index in [0.29, 0.717) is 0 Å². The Kier molecular flexibility index (Phi) is 3.50. The van der Waals surface area contributed by atoms with E-state index in [0.717, 1.165) is 47.7 Å². The van der Waals surface area contributed by atoms with E-state index in [4.69, 9.17) is 5.11 Å². The summed E-state index contributed by atoms with van der Waals surface area (Å²) in [5.41, 5.74) is 6.00. The molecule has 0 atom stereocenters. The van der Waals surface area contributed by atoms with E-state index in [2.05, 4.69) is 23.2 Å². The maximum atomic E-state index is 12.4. The number of unbranched alkanes of at least 4 members (excludes halogenated alkanes) is 1. The van der Waals surface area contributed by atoms with E-state index in [1.54, 1.807) is 0 Å². The van der Waals surface area contributed by atoms with Gasteiger partial charge in [0.15, 0.2) is 0 Å². The molecule has 0 saturated carbocycles. The molecule has 0 aliphatic heterocycles. The van der Waals surface area contributed by atoms with Crippen LogP contribution in [0.25, 0.3) is 22.0 Å². The summed E-state index contributed by atoms with van der Waals surface area (Å²) in [6.07, 6.45) is 3.66. The Morgan fingerprint density at radius 3 is 2.61 bits per heavy atom. The van der Waals surface area contributed by atoms with E-state index in [1.165, 1.54) is 16.7 Å². The molecule has 3 aromatic rings. The molecule has 1 heterocycles. The zero-order chi connectivity index (χ0) is 15.8. The molecule has 3 nitrogen and oxygen atoms in total.